The number of halogens is 1. The molecule has 0 amide bonds. The highest BCUT2D eigenvalue weighted by atomic mass is 79.9. The molecule has 0 saturated heterocycles. The van der Waals surface area contributed by atoms with Gasteiger partial charge in [-0.3, -0.25) is 0 Å². The van der Waals surface area contributed by atoms with Gasteiger partial charge >= 0.3 is 0 Å². The summed E-state index contributed by atoms with van der Waals surface area (Å²) in [5.74, 6) is 0. The van der Waals surface area contributed by atoms with Crippen molar-refractivity contribution in [3.05, 3.63) is 28.5 Å². The SMILES string of the molecule is CCCCCCc1ccc(Br)nc1. The van der Waals surface area contributed by atoms with Crippen LogP contribution in [0.5, 0.6) is 0 Å². The van der Waals surface area contributed by atoms with Crippen LogP contribution < -0.4 is 0 Å². The Morgan fingerprint density at radius 2 is 2.08 bits per heavy atom. The first-order chi connectivity index (χ1) is 6.33. The van der Waals surface area contributed by atoms with Crippen molar-refractivity contribution >= 4 is 15.9 Å². The van der Waals surface area contributed by atoms with Crippen LogP contribution in [0.1, 0.15) is 38.2 Å². The fraction of sp³-hybridized carbons (Fsp3) is 0.545. The molecule has 0 atom stereocenters. The molecule has 1 aromatic rings. The van der Waals surface area contributed by atoms with Crippen LogP contribution in [0, 0.1) is 0 Å². The number of aromatic nitrogens is 1. The number of rotatable bonds is 5. The van der Waals surface area contributed by atoms with Crippen LogP contribution in [-0.4, -0.2) is 4.98 Å². The van der Waals surface area contributed by atoms with E-state index in [1.807, 2.05) is 12.3 Å². The predicted molar refractivity (Wildman–Crippen MR) is 59.8 cm³/mol. The van der Waals surface area contributed by atoms with E-state index < -0.39 is 0 Å². The summed E-state index contributed by atoms with van der Waals surface area (Å²) >= 11 is 3.33. The van der Waals surface area contributed by atoms with Gasteiger partial charge in [0, 0.05) is 6.20 Å². The van der Waals surface area contributed by atoms with Gasteiger partial charge in [-0.25, -0.2) is 4.98 Å². The number of aryl methyl sites for hydroxylation is 1. The van der Waals surface area contributed by atoms with Gasteiger partial charge in [0.15, 0.2) is 0 Å². The molecular formula is C11H16BrN. The zero-order chi connectivity index (χ0) is 9.52. The fourth-order valence-electron chi connectivity index (χ4n) is 1.31. The van der Waals surface area contributed by atoms with Crippen LogP contribution in [0.4, 0.5) is 0 Å². The van der Waals surface area contributed by atoms with Crippen LogP contribution in [-0.2, 0) is 6.42 Å². The van der Waals surface area contributed by atoms with Crippen LogP contribution >= 0.6 is 15.9 Å². The maximum Gasteiger partial charge on any atom is 0.106 e. The van der Waals surface area contributed by atoms with E-state index in [0.29, 0.717) is 0 Å². The van der Waals surface area contributed by atoms with Crippen molar-refractivity contribution in [1.29, 1.82) is 0 Å². The lowest BCUT2D eigenvalue weighted by Crippen LogP contribution is -1.87. The summed E-state index contributed by atoms with van der Waals surface area (Å²) in [5, 5.41) is 0. The summed E-state index contributed by atoms with van der Waals surface area (Å²) in [5.41, 5.74) is 1.35. The molecule has 0 saturated carbocycles. The molecule has 0 bridgehead atoms. The van der Waals surface area contributed by atoms with E-state index in [-0.39, 0.29) is 0 Å². The second-order valence-corrected chi connectivity index (χ2v) is 4.11. The number of hydrogen-bond acceptors (Lipinski definition) is 1. The Kier molecular flexibility index (Phi) is 5.06. The van der Waals surface area contributed by atoms with Gasteiger partial charge in [0.2, 0.25) is 0 Å². The molecule has 1 aromatic heterocycles. The van der Waals surface area contributed by atoms with Crippen molar-refractivity contribution in [3.8, 4) is 0 Å². The standard InChI is InChI=1S/C11H16BrN/c1-2-3-4-5-6-10-7-8-11(12)13-9-10/h7-9H,2-6H2,1H3. The lowest BCUT2D eigenvalue weighted by atomic mass is 10.1. The smallest absolute Gasteiger partial charge is 0.106 e. The van der Waals surface area contributed by atoms with Crippen LogP contribution in [0.2, 0.25) is 0 Å². The van der Waals surface area contributed by atoms with E-state index in [1.54, 1.807) is 0 Å². The van der Waals surface area contributed by atoms with E-state index in [9.17, 15) is 0 Å². The predicted octanol–water partition coefficient (Wildman–Crippen LogP) is 3.97. The molecule has 0 aromatic carbocycles. The molecule has 0 aliphatic carbocycles. The Labute approximate surface area is 88.7 Å². The molecule has 1 nitrogen and oxygen atoms in total. The Hall–Kier alpha value is -0.370. The largest absolute Gasteiger partial charge is 0.249 e. The number of nitrogens with zero attached hydrogens (tertiary/aromatic N) is 1. The Bertz CT molecular complexity index is 230. The van der Waals surface area contributed by atoms with Gasteiger partial charge in [0.1, 0.15) is 4.60 Å². The number of unbranched alkanes of at least 4 members (excludes halogenated alkanes) is 3. The first-order valence-corrected chi connectivity index (χ1v) is 5.72. The monoisotopic (exact) mass is 241 g/mol. The zero-order valence-electron chi connectivity index (χ0n) is 8.09. The minimum absolute atomic E-state index is 0.921. The zero-order valence-corrected chi connectivity index (χ0v) is 9.68. The van der Waals surface area contributed by atoms with E-state index in [2.05, 4.69) is 33.9 Å². The van der Waals surface area contributed by atoms with Gasteiger partial charge in [-0.15, -0.1) is 0 Å². The van der Waals surface area contributed by atoms with Crippen molar-refractivity contribution in [2.75, 3.05) is 0 Å². The van der Waals surface area contributed by atoms with Crippen molar-refractivity contribution < 1.29 is 0 Å². The Morgan fingerprint density at radius 1 is 1.23 bits per heavy atom. The highest BCUT2D eigenvalue weighted by molar-refractivity contribution is 9.10. The van der Waals surface area contributed by atoms with Gasteiger partial charge in [-0.05, 0) is 40.4 Å². The molecule has 0 fully saturated rings. The number of hydrogen-bond donors (Lipinski definition) is 0. The van der Waals surface area contributed by atoms with Crippen LogP contribution in [0.15, 0.2) is 22.9 Å². The molecule has 0 unspecified atom stereocenters. The number of pyridine rings is 1. The lowest BCUT2D eigenvalue weighted by molar-refractivity contribution is 0.666. The van der Waals surface area contributed by atoms with Gasteiger partial charge in [-0.1, -0.05) is 32.3 Å². The molecule has 0 radical (unpaired) electrons. The maximum atomic E-state index is 4.19. The molecule has 0 N–H and O–H groups in total. The van der Waals surface area contributed by atoms with Gasteiger partial charge in [0.05, 0.1) is 0 Å². The van der Waals surface area contributed by atoms with E-state index >= 15 is 0 Å². The third-order valence-electron chi connectivity index (χ3n) is 2.11. The average molecular weight is 242 g/mol. The average Bonchev–Trinajstić information content (AvgIpc) is 2.15. The summed E-state index contributed by atoms with van der Waals surface area (Å²) < 4.78 is 0.921. The second-order valence-electron chi connectivity index (χ2n) is 3.30. The fourth-order valence-corrected chi connectivity index (χ4v) is 1.54. The first kappa shape index (κ1) is 10.7. The quantitative estimate of drug-likeness (QED) is 0.562. The third-order valence-corrected chi connectivity index (χ3v) is 2.58. The van der Waals surface area contributed by atoms with E-state index in [0.717, 1.165) is 4.60 Å². The minimum Gasteiger partial charge on any atom is -0.249 e. The van der Waals surface area contributed by atoms with Crippen LogP contribution in [0.3, 0.4) is 0 Å². The van der Waals surface area contributed by atoms with Gasteiger partial charge in [-0.2, -0.15) is 0 Å². The molecule has 0 aliphatic rings. The summed E-state index contributed by atoms with van der Waals surface area (Å²) in [7, 11) is 0. The van der Waals surface area contributed by atoms with E-state index in [1.165, 1.54) is 37.7 Å². The molecule has 72 valence electrons. The normalized spacial score (nSPS) is 10.3. The van der Waals surface area contributed by atoms with Gasteiger partial charge < -0.3 is 0 Å². The lowest BCUT2D eigenvalue weighted by Gasteiger charge is -2.00. The molecule has 2 heteroatoms. The van der Waals surface area contributed by atoms with Crippen molar-refractivity contribution in [2.24, 2.45) is 0 Å². The molecule has 1 heterocycles. The van der Waals surface area contributed by atoms with Crippen molar-refractivity contribution in [2.45, 2.75) is 39.0 Å². The topological polar surface area (TPSA) is 12.9 Å². The third kappa shape index (κ3) is 4.41. The van der Waals surface area contributed by atoms with Gasteiger partial charge in [0.25, 0.3) is 0 Å². The summed E-state index contributed by atoms with van der Waals surface area (Å²) in [6.45, 7) is 2.24. The summed E-state index contributed by atoms with van der Waals surface area (Å²) in [6.07, 6.45) is 8.41. The Morgan fingerprint density at radius 3 is 2.69 bits per heavy atom. The summed E-state index contributed by atoms with van der Waals surface area (Å²) in [4.78, 5) is 4.19. The summed E-state index contributed by atoms with van der Waals surface area (Å²) in [6, 6.07) is 4.15. The first-order valence-electron chi connectivity index (χ1n) is 4.93. The van der Waals surface area contributed by atoms with Crippen molar-refractivity contribution in [3.63, 3.8) is 0 Å². The van der Waals surface area contributed by atoms with E-state index in [4.69, 9.17) is 0 Å². The highest BCUT2D eigenvalue weighted by Gasteiger charge is 1.93. The Balaban J connectivity index is 2.25. The maximum absolute atomic E-state index is 4.19. The molecule has 1 rings (SSSR count). The highest BCUT2D eigenvalue weighted by Crippen LogP contribution is 2.10. The van der Waals surface area contributed by atoms with Crippen LogP contribution in [0.25, 0.3) is 0 Å². The second kappa shape index (κ2) is 6.14. The molecular weight excluding hydrogens is 226 g/mol. The molecule has 0 spiro atoms. The molecule has 0 aliphatic heterocycles. The molecule has 13 heavy (non-hydrogen) atoms. The van der Waals surface area contributed by atoms with Crippen molar-refractivity contribution in [1.82, 2.24) is 4.98 Å². The minimum atomic E-state index is 0.921.